The van der Waals surface area contributed by atoms with Gasteiger partial charge in [0.05, 0.1) is 23.1 Å². The van der Waals surface area contributed by atoms with Gasteiger partial charge in [-0.1, -0.05) is 38.1 Å². The number of anilines is 1. The highest BCUT2D eigenvalue weighted by molar-refractivity contribution is 6.01. The summed E-state index contributed by atoms with van der Waals surface area (Å²) in [6.45, 7) is 6.34. The van der Waals surface area contributed by atoms with E-state index >= 15 is 0 Å². The van der Waals surface area contributed by atoms with E-state index in [0.29, 0.717) is 0 Å². The zero-order valence-corrected chi connectivity index (χ0v) is 20.8. The third kappa shape index (κ3) is 4.49. The molecule has 3 N–H and O–H groups in total. The minimum absolute atomic E-state index is 0.893. The Morgan fingerprint density at radius 1 is 0.865 bits per heavy atom. The molecular formula is C31H28N6. The molecule has 6 aromatic rings. The van der Waals surface area contributed by atoms with E-state index in [1.165, 1.54) is 5.56 Å². The summed E-state index contributed by atoms with van der Waals surface area (Å²) in [7, 11) is 0. The monoisotopic (exact) mass is 484 g/mol. The number of nitrogens with zero attached hydrogens (tertiary/aromatic N) is 3. The molecule has 2 aromatic carbocycles. The van der Waals surface area contributed by atoms with Gasteiger partial charge in [-0.2, -0.15) is 5.10 Å². The van der Waals surface area contributed by atoms with Gasteiger partial charge in [0.1, 0.15) is 5.69 Å². The first kappa shape index (κ1) is 22.7. The molecule has 6 nitrogen and oxygen atoms in total. The van der Waals surface area contributed by atoms with Gasteiger partial charge in [0, 0.05) is 46.1 Å². The molecule has 0 radical (unpaired) electrons. The lowest BCUT2D eigenvalue weighted by Crippen LogP contribution is -1.98. The van der Waals surface area contributed by atoms with Gasteiger partial charge in [-0.15, -0.1) is 0 Å². The maximum Gasteiger partial charge on any atom is 0.116 e. The highest BCUT2D eigenvalue weighted by atomic mass is 15.1. The van der Waals surface area contributed by atoms with Crippen LogP contribution in [0, 0.1) is 0 Å². The van der Waals surface area contributed by atoms with Crippen LogP contribution in [0.3, 0.4) is 0 Å². The molecule has 0 saturated heterocycles. The van der Waals surface area contributed by atoms with Crippen molar-refractivity contribution in [2.45, 2.75) is 26.2 Å². The molecule has 37 heavy (non-hydrogen) atoms. The Balaban J connectivity index is 1.37. The molecule has 0 spiro atoms. The molecule has 0 bridgehead atoms. The van der Waals surface area contributed by atoms with E-state index in [0.717, 1.165) is 80.5 Å². The highest BCUT2D eigenvalue weighted by Crippen LogP contribution is 2.35. The number of rotatable bonds is 8. The predicted octanol–water partition coefficient (Wildman–Crippen LogP) is 7.95. The number of H-pyrrole nitrogens is 2. The topological polar surface area (TPSA) is 82.3 Å². The lowest BCUT2D eigenvalue weighted by molar-refractivity contribution is 0.791. The molecule has 4 aromatic heterocycles. The van der Waals surface area contributed by atoms with Crippen molar-refractivity contribution in [1.29, 1.82) is 0 Å². The zero-order valence-electron chi connectivity index (χ0n) is 20.8. The van der Waals surface area contributed by atoms with E-state index in [1.54, 1.807) is 0 Å². The molecule has 182 valence electrons. The largest absolute Gasteiger partial charge is 0.358 e. The summed E-state index contributed by atoms with van der Waals surface area (Å²) in [5, 5.41) is 13.5. The molecule has 0 saturated carbocycles. The van der Waals surface area contributed by atoms with Crippen LogP contribution in [0.5, 0.6) is 0 Å². The minimum atomic E-state index is 0.893. The van der Waals surface area contributed by atoms with Crippen LogP contribution in [0.15, 0.2) is 97.7 Å². The Bertz CT molecular complexity index is 1710. The predicted molar refractivity (Wildman–Crippen MR) is 152 cm³/mol. The number of hydrogen-bond donors (Lipinski definition) is 3. The third-order valence-electron chi connectivity index (χ3n) is 6.70. The van der Waals surface area contributed by atoms with E-state index in [4.69, 9.17) is 0 Å². The maximum absolute atomic E-state index is 4.68. The number of aromatic amines is 2. The van der Waals surface area contributed by atoms with Gasteiger partial charge in [-0.05, 0) is 72.0 Å². The number of hydrogen-bond acceptors (Lipinski definition) is 4. The van der Waals surface area contributed by atoms with Crippen molar-refractivity contribution in [2.75, 3.05) is 5.32 Å². The van der Waals surface area contributed by atoms with E-state index in [2.05, 4.69) is 92.5 Å². The van der Waals surface area contributed by atoms with E-state index in [-0.39, 0.29) is 0 Å². The zero-order chi connectivity index (χ0) is 25.2. The summed E-state index contributed by atoms with van der Waals surface area (Å²) < 4.78 is 0. The van der Waals surface area contributed by atoms with Crippen LogP contribution < -0.4 is 5.32 Å². The SMILES string of the molecule is C=C(CCCC)Nc1cncc(-c2ccc3[nH]nc(-c4cc5c(-c6ccncc6)cccc5[nH]4)c3c2)c1. The maximum atomic E-state index is 4.68. The second-order valence-electron chi connectivity index (χ2n) is 9.31. The second kappa shape index (κ2) is 9.74. The summed E-state index contributed by atoms with van der Waals surface area (Å²) in [6, 6.07) is 21.0. The third-order valence-corrected chi connectivity index (χ3v) is 6.70. The number of pyridine rings is 2. The van der Waals surface area contributed by atoms with Crippen LogP contribution in [0.2, 0.25) is 0 Å². The number of fused-ring (bicyclic) bond motifs is 2. The average molecular weight is 485 g/mol. The number of unbranched alkanes of at least 4 members (excludes halogenated alkanes) is 1. The van der Waals surface area contributed by atoms with Crippen LogP contribution in [0.1, 0.15) is 26.2 Å². The molecule has 0 unspecified atom stereocenters. The summed E-state index contributed by atoms with van der Waals surface area (Å²) in [6.07, 6.45) is 10.6. The average Bonchev–Trinajstić information content (AvgIpc) is 3.56. The van der Waals surface area contributed by atoms with Gasteiger partial charge in [-0.3, -0.25) is 15.1 Å². The van der Waals surface area contributed by atoms with Gasteiger partial charge < -0.3 is 10.3 Å². The molecule has 4 heterocycles. The summed E-state index contributed by atoms with van der Waals surface area (Å²) in [5.41, 5.74) is 10.3. The lowest BCUT2D eigenvalue weighted by atomic mass is 10.0. The molecule has 0 fully saturated rings. The standard InChI is InChI=1S/C31H28N6/c1-3-4-6-20(2)34-24-15-23(18-33-19-24)22-9-10-29-27(16-22)31(37-36-29)30-17-26-25(7-5-8-28(26)35-30)21-11-13-32-14-12-21/h5,7-19,34-35H,2-4,6H2,1H3,(H,36,37). The van der Waals surface area contributed by atoms with E-state index in [1.807, 2.05) is 36.9 Å². The van der Waals surface area contributed by atoms with E-state index < -0.39 is 0 Å². The first-order valence-electron chi connectivity index (χ1n) is 12.6. The van der Waals surface area contributed by atoms with Crippen molar-refractivity contribution < 1.29 is 0 Å². The highest BCUT2D eigenvalue weighted by Gasteiger charge is 2.14. The molecule has 0 aliphatic rings. The smallest absolute Gasteiger partial charge is 0.116 e. The van der Waals surface area contributed by atoms with Gasteiger partial charge >= 0.3 is 0 Å². The normalized spacial score (nSPS) is 11.3. The van der Waals surface area contributed by atoms with Crippen LogP contribution in [-0.2, 0) is 0 Å². The Morgan fingerprint density at radius 3 is 2.62 bits per heavy atom. The van der Waals surface area contributed by atoms with Crippen molar-refractivity contribution in [2.24, 2.45) is 0 Å². The Morgan fingerprint density at radius 2 is 1.76 bits per heavy atom. The molecule has 0 aliphatic heterocycles. The van der Waals surface area contributed by atoms with Crippen molar-refractivity contribution in [3.05, 3.63) is 97.7 Å². The molecular weight excluding hydrogens is 456 g/mol. The number of benzene rings is 2. The van der Waals surface area contributed by atoms with Crippen molar-refractivity contribution in [3.8, 4) is 33.6 Å². The van der Waals surface area contributed by atoms with Crippen LogP contribution >= 0.6 is 0 Å². The first-order valence-corrected chi connectivity index (χ1v) is 12.6. The summed E-state index contributed by atoms with van der Waals surface area (Å²) in [5.74, 6) is 0. The Kier molecular flexibility index (Phi) is 5.98. The van der Waals surface area contributed by atoms with Gasteiger partial charge in [0.15, 0.2) is 0 Å². The van der Waals surface area contributed by atoms with Gasteiger partial charge in [-0.25, -0.2) is 0 Å². The summed E-state index contributed by atoms with van der Waals surface area (Å²) in [4.78, 5) is 12.2. The van der Waals surface area contributed by atoms with Gasteiger partial charge in [0.2, 0.25) is 0 Å². The van der Waals surface area contributed by atoms with Crippen LogP contribution in [-0.4, -0.2) is 25.1 Å². The Hall–Kier alpha value is -4.71. The molecule has 0 aliphatic carbocycles. The van der Waals surface area contributed by atoms with Crippen molar-refractivity contribution in [3.63, 3.8) is 0 Å². The first-order chi connectivity index (χ1) is 18.2. The minimum Gasteiger partial charge on any atom is -0.358 e. The van der Waals surface area contributed by atoms with Crippen LogP contribution in [0.4, 0.5) is 5.69 Å². The quantitative estimate of drug-likeness (QED) is 0.205. The summed E-state index contributed by atoms with van der Waals surface area (Å²) >= 11 is 0. The second-order valence-corrected chi connectivity index (χ2v) is 9.31. The van der Waals surface area contributed by atoms with E-state index in [9.17, 15) is 0 Å². The fraction of sp³-hybridized carbons (Fsp3) is 0.129. The lowest BCUT2D eigenvalue weighted by Gasteiger charge is -2.10. The number of allylic oxidation sites excluding steroid dienone is 1. The molecule has 6 heteroatoms. The molecule has 0 atom stereocenters. The number of nitrogens with one attached hydrogen (secondary N) is 3. The van der Waals surface area contributed by atoms with Crippen molar-refractivity contribution in [1.82, 2.24) is 25.1 Å². The Labute approximate surface area is 215 Å². The fourth-order valence-corrected chi connectivity index (χ4v) is 4.79. The molecule has 6 rings (SSSR count). The fourth-order valence-electron chi connectivity index (χ4n) is 4.79. The number of aromatic nitrogens is 5. The van der Waals surface area contributed by atoms with Crippen LogP contribution in [0.25, 0.3) is 55.4 Å². The van der Waals surface area contributed by atoms with Crippen molar-refractivity contribution >= 4 is 27.5 Å². The van der Waals surface area contributed by atoms with Gasteiger partial charge in [0.25, 0.3) is 0 Å². The molecule has 0 amide bonds.